The van der Waals surface area contributed by atoms with Crippen LogP contribution in [0.3, 0.4) is 0 Å². The maximum Gasteiger partial charge on any atom is 0.246 e. The largest absolute Gasteiger partial charge is 0.379 e. The molecular formula is C11H21N3O3. The maximum absolute atomic E-state index is 11.5. The summed E-state index contributed by atoms with van der Waals surface area (Å²) in [6.07, 6.45) is 0.257. The molecule has 0 saturated carbocycles. The molecule has 6 heteroatoms. The summed E-state index contributed by atoms with van der Waals surface area (Å²) in [7, 11) is 5.49. The summed E-state index contributed by atoms with van der Waals surface area (Å²) in [4.78, 5) is 26.0. The minimum absolute atomic E-state index is 0.124. The van der Waals surface area contributed by atoms with Crippen molar-refractivity contribution in [1.29, 1.82) is 0 Å². The maximum atomic E-state index is 11.5. The van der Waals surface area contributed by atoms with Gasteiger partial charge in [-0.25, -0.2) is 0 Å². The smallest absolute Gasteiger partial charge is 0.246 e. The lowest BCUT2D eigenvalue weighted by atomic mass is 10.2. The summed E-state index contributed by atoms with van der Waals surface area (Å²) in [5.74, 6) is -0.274. The predicted octanol–water partition coefficient (Wildman–Crippen LogP) is -1.09. The Hall–Kier alpha value is -0.980. The number of likely N-dealkylation sites (N-methyl/N-ethyl adjacent to an activating group) is 2. The van der Waals surface area contributed by atoms with Crippen molar-refractivity contribution in [3.63, 3.8) is 0 Å². The zero-order chi connectivity index (χ0) is 12.8. The fourth-order valence-corrected chi connectivity index (χ4v) is 1.57. The van der Waals surface area contributed by atoms with E-state index in [9.17, 15) is 9.59 Å². The van der Waals surface area contributed by atoms with Gasteiger partial charge in [0.25, 0.3) is 0 Å². The van der Waals surface area contributed by atoms with E-state index in [2.05, 4.69) is 5.32 Å². The van der Waals surface area contributed by atoms with E-state index in [1.165, 1.54) is 11.9 Å². The van der Waals surface area contributed by atoms with Gasteiger partial charge in [0.15, 0.2) is 0 Å². The second-order valence-corrected chi connectivity index (χ2v) is 4.42. The summed E-state index contributed by atoms with van der Waals surface area (Å²) in [5, 5.41) is 3.03. The molecule has 0 spiro atoms. The van der Waals surface area contributed by atoms with E-state index in [1.54, 1.807) is 0 Å². The Kier molecular flexibility index (Phi) is 5.54. The number of carbonyl (C=O) groups excluding carboxylic acids is 2. The van der Waals surface area contributed by atoms with Crippen molar-refractivity contribution < 1.29 is 14.3 Å². The number of amides is 2. The molecule has 0 aromatic rings. The fraction of sp³-hybridized carbons (Fsp3) is 0.818. The van der Waals surface area contributed by atoms with Gasteiger partial charge in [0, 0.05) is 20.1 Å². The van der Waals surface area contributed by atoms with Crippen molar-refractivity contribution in [2.24, 2.45) is 0 Å². The third-order valence-electron chi connectivity index (χ3n) is 2.70. The van der Waals surface area contributed by atoms with Crippen LogP contribution in [0.15, 0.2) is 0 Å². The Labute approximate surface area is 102 Å². The van der Waals surface area contributed by atoms with Crippen molar-refractivity contribution in [3.05, 3.63) is 0 Å². The molecule has 0 bridgehead atoms. The van der Waals surface area contributed by atoms with E-state index < -0.39 is 0 Å². The molecule has 98 valence electrons. The molecule has 0 aliphatic carbocycles. The van der Waals surface area contributed by atoms with E-state index >= 15 is 0 Å². The van der Waals surface area contributed by atoms with Gasteiger partial charge in [0.1, 0.15) is 0 Å². The number of likely N-dealkylation sites (tertiary alicyclic amines) is 1. The third kappa shape index (κ3) is 4.41. The molecule has 1 rings (SSSR count). The van der Waals surface area contributed by atoms with Crippen molar-refractivity contribution in [3.8, 4) is 0 Å². The van der Waals surface area contributed by atoms with Crippen LogP contribution in [0.25, 0.3) is 0 Å². The van der Waals surface area contributed by atoms with Crippen LogP contribution in [0, 0.1) is 0 Å². The molecule has 1 saturated heterocycles. The zero-order valence-corrected chi connectivity index (χ0v) is 10.7. The van der Waals surface area contributed by atoms with E-state index in [4.69, 9.17) is 4.74 Å². The summed E-state index contributed by atoms with van der Waals surface area (Å²) in [6, 6.07) is -0.370. The van der Waals surface area contributed by atoms with Crippen molar-refractivity contribution in [1.82, 2.24) is 15.1 Å². The highest BCUT2D eigenvalue weighted by molar-refractivity contribution is 6.05. The SMILES string of the molecule is CN(C)CCOCCNC1CC(=O)N(C)C1=O. The van der Waals surface area contributed by atoms with Gasteiger partial charge in [-0.1, -0.05) is 0 Å². The highest BCUT2D eigenvalue weighted by Crippen LogP contribution is 2.09. The van der Waals surface area contributed by atoms with Crippen LogP contribution in [-0.4, -0.2) is 75.1 Å². The minimum Gasteiger partial charge on any atom is -0.379 e. The summed E-state index contributed by atoms with van der Waals surface area (Å²) < 4.78 is 5.38. The van der Waals surface area contributed by atoms with E-state index in [1.807, 2.05) is 19.0 Å². The molecule has 1 aliphatic rings. The first-order chi connectivity index (χ1) is 8.02. The molecule has 0 radical (unpaired) electrons. The van der Waals surface area contributed by atoms with E-state index in [0.29, 0.717) is 19.8 Å². The van der Waals surface area contributed by atoms with Gasteiger partial charge in [0.05, 0.1) is 25.7 Å². The highest BCUT2D eigenvalue weighted by Gasteiger charge is 2.35. The Balaban J connectivity index is 2.08. The Bertz CT molecular complexity index is 281. The molecule has 2 amide bonds. The topological polar surface area (TPSA) is 61.9 Å². The normalized spacial score (nSPS) is 20.7. The molecule has 17 heavy (non-hydrogen) atoms. The third-order valence-corrected chi connectivity index (χ3v) is 2.70. The number of ether oxygens (including phenoxy) is 1. The van der Waals surface area contributed by atoms with Gasteiger partial charge in [-0.05, 0) is 14.1 Å². The number of nitrogens with one attached hydrogen (secondary N) is 1. The Morgan fingerprint density at radius 2 is 2.12 bits per heavy atom. The average molecular weight is 243 g/mol. The second kappa shape index (κ2) is 6.68. The molecule has 1 heterocycles. The summed E-state index contributed by atoms with van der Waals surface area (Å²) >= 11 is 0. The standard InChI is InChI=1S/C11H21N3O3/c1-13(2)5-7-17-6-4-12-9-8-10(15)14(3)11(9)16/h9,12H,4-8H2,1-3H3. The molecular weight excluding hydrogens is 222 g/mol. The van der Waals surface area contributed by atoms with E-state index in [0.717, 1.165) is 6.54 Å². The molecule has 0 aromatic carbocycles. The monoisotopic (exact) mass is 243 g/mol. The molecule has 6 nitrogen and oxygen atoms in total. The van der Waals surface area contributed by atoms with Gasteiger partial charge in [-0.2, -0.15) is 0 Å². The number of rotatable bonds is 7. The zero-order valence-electron chi connectivity index (χ0n) is 10.7. The Morgan fingerprint density at radius 3 is 2.65 bits per heavy atom. The summed E-state index contributed by atoms with van der Waals surface area (Å²) in [6.45, 7) is 2.69. The van der Waals surface area contributed by atoms with Crippen LogP contribution in [0.5, 0.6) is 0 Å². The number of carbonyl (C=O) groups is 2. The quantitative estimate of drug-likeness (QED) is 0.455. The van der Waals surface area contributed by atoms with Gasteiger partial charge in [0.2, 0.25) is 11.8 Å². The van der Waals surface area contributed by atoms with Gasteiger partial charge >= 0.3 is 0 Å². The number of hydrogen-bond donors (Lipinski definition) is 1. The average Bonchev–Trinajstić information content (AvgIpc) is 2.51. The van der Waals surface area contributed by atoms with Gasteiger partial charge < -0.3 is 15.0 Å². The van der Waals surface area contributed by atoms with E-state index in [-0.39, 0.29) is 24.3 Å². The molecule has 1 unspecified atom stereocenters. The number of nitrogens with zero attached hydrogens (tertiary/aromatic N) is 2. The first-order valence-corrected chi connectivity index (χ1v) is 5.78. The van der Waals surface area contributed by atoms with Gasteiger partial charge in [-0.15, -0.1) is 0 Å². The van der Waals surface area contributed by atoms with Crippen LogP contribution in [-0.2, 0) is 14.3 Å². The minimum atomic E-state index is -0.370. The second-order valence-electron chi connectivity index (χ2n) is 4.42. The molecule has 0 aromatic heterocycles. The predicted molar refractivity (Wildman–Crippen MR) is 63.6 cm³/mol. The molecule has 1 N–H and O–H groups in total. The number of imide groups is 1. The van der Waals surface area contributed by atoms with Crippen LogP contribution in [0.1, 0.15) is 6.42 Å². The number of hydrogen-bond acceptors (Lipinski definition) is 5. The fourth-order valence-electron chi connectivity index (χ4n) is 1.57. The first-order valence-electron chi connectivity index (χ1n) is 5.78. The summed E-state index contributed by atoms with van der Waals surface area (Å²) in [5.41, 5.74) is 0. The lowest BCUT2D eigenvalue weighted by Gasteiger charge is -2.12. The van der Waals surface area contributed by atoms with Crippen molar-refractivity contribution >= 4 is 11.8 Å². The molecule has 1 fully saturated rings. The Morgan fingerprint density at radius 1 is 1.41 bits per heavy atom. The van der Waals surface area contributed by atoms with Gasteiger partial charge in [-0.3, -0.25) is 14.5 Å². The highest BCUT2D eigenvalue weighted by atomic mass is 16.5. The lowest BCUT2D eigenvalue weighted by Crippen LogP contribution is -2.38. The van der Waals surface area contributed by atoms with Crippen LogP contribution >= 0.6 is 0 Å². The lowest BCUT2D eigenvalue weighted by molar-refractivity contribution is -0.137. The van der Waals surface area contributed by atoms with Crippen LogP contribution in [0.4, 0.5) is 0 Å². The van der Waals surface area contributed by atoms with Crippen molar-refractivity contribution in [2.45, 2.75) is 12.5 Å². The van der Waals surface area contributed by atoms with Crippen LogP contribution < -0.4 is 5.32 Å². The van der Waals surface area contributed by atoms with Crippen molar-refractivity contribution in [2.75, 3.05) is 47.4 Å². The first kappa shape index (κ1) is 14.1. The molecule has 1 aliphatic heterocycles. The molecule has 1 atom stereocenters. The van der Waals surface area contributed by atoms with Crippen LogP contribution in [0.2, 0.25) is 0 Å².